The third kappa shape index (κ3) is 3.62. The Morgan fingerprint density at radius 3 is 2.42 bits per heavy atom. The molecule has 0 spiro atoms. The summed E-state index contributed by atoms with van der Waals surface area (Å²) < 4.78 is 4.81. The molecule has 2 aromatic rings. The number of nitrogens with zero attached hydrogens (tertiary/aromatic N) is 3. The van der Waals surface area contributed by atoms with Crippen molar-refractivity contribution >= 4 is 11.9 Å². The van der Waals surface area contributed by atoms with E-state index in [9.17, 15) is 9.59 Å². The van der Waals surface area contributed by atoms with E-state index in [0.717, 1.165) is 19.6 Å². The number of carbonyl (C=O) groups excluding carboxylic acids is 2. The Hall–Kier alpha value is -2.67. The Morgan fingerprint density at radius 1 is 1.15 bits per heavy atom. The standard InChI is InChI=1S/C19H24N4O3/c1-13-16(19(25)26-3)14(2)21-17(13)18(24)23-10-8-22(9-11-23)12-15-4-6-20-7-5-15/h4-7,21H,8-12H2,1-3H3. The lowest BCUT2D eigenvalue weighted by atomic mass is 10.1. The summed E-state index contributed by atoms with van der Waals surface area (Å²) in [6.07, 6.45) is 3.59. The molecular weight excluding hydrogens is 332 g/mol. The Labute approximate surface area is 153 Å². The van der Waals surface area contributed by atoms with Gasteiger partial charge in [0.05, 0.1) is 12.7 Å². The van der Waals surface area contributed by atoms with E-state index >= 15 is 0 Å². The maximum absolute atomic E-state index is 12.9. The van der Waals surface area contributed by atoms with Gasteiger partial charge in [-0.3, -0.25) is 14.7 Å². The number of aromatic nitrogens is 2. The van der Waals surface area contributed by atoms with Crippen LogP contribution in [0.25, 0.3) is 0 Å². The van der Waals surface area contributed by atoms with Gasteiger partial charge in [-0.15, -0.1) is 0 Å². The lowest BCUT2D eigenvalue weighted by Crippen LogP contribution is -2.48. The summed E-state index contributed by atoms with van der Waals surface area (Å²) in [4.78, 5) is 36.0. The Kier molecular flexibility index (Phi) is 5.37. The number of hydrogen-bond donors (Lipinski definition) is 1. The smallest absolute Gasteiger partial charge is 0.339 e. The summed E-state index contributed by atoms with van der Waals surface area (Å²) in [7, 11) is 1.34. The van der Waals surface area contributed by atoms with Gasteiger partial charge >= 0.3 is 5.97 Å². The number of H-pyrrole nitrogens is 1. The minimum absolute atomic E-state index is 0.0654. The summed E-state index contributed by atoms with van der Waals surface area (Å²) in [5, 5.41) is 0. The number of nitrogens with one attached hydrogen (secondary N) is 1. The van der Waals surface area contributed by atoms with Gasteiger partial charge in [0.15, 0.2) is 0 Å². The lowest BCUT2D eigenvalue weighted by Gasteiger charge is -2.34. The second-order valence-corrected chi connectivity index (χ2v) is 6.54. The number of aromatic amines is 1. The maximum Gasteiger partial charge on any atom is 0.339 e. The number of esters is 1. The molecule has 1 aliphatic rings. The van der Waals surface area contributed by atoms with E-state index in [-0.39, 0.29) is 5.91 Å². The van der Waals surface area contributed by atoms with Crippen molar-refractivity contribution in [2.45, 2.75) is 20.4 Å². The largest absolute Gasteiger partial charge is 0.465 e. The third-order valence-corrected chi connectivity index (χ3v) is 4.86. The van der Waals surface area contributed by atoms with Crippen LogP contribution < -0.4 is 0 Å². The molecule has 0 saturated carbocycles. The van der Waals surface area contributed by atoms with E-state index in [1.54, 1.807) is 26.2 Å². The van der Waals surface area contributed by atoms with Crippen LogP contribution in [0.15, 0.2) is 24.5 Å². The quantitative estimate of drug-likeness (QED) is 0.845. The highest BCUT2D eigenvalue weighted by atomic mass is 16.5. The van der Waals surface area contributed by atoms with Crippen molar-refractivity contribution in [1.29, 1.82) is 0 Å². The SMILES string of the molecule is COC(=O)c1c(C)[nH]c(C(=O)N2CCN(Cc3ccncc3)CC2)c1C. The van der Waals surface area contributed by atoms with Crippen molar-refractivity contribution < 1.29 is 14.3 Å². The van der Waals surface area contributed by atoms with Crippen molar-refractivity contribution in [1.82, 2.24) is 19.8 Å². The molecule has 0 aromatic carbocycles. The second kappa shape index (κ2) is 7.70. The van der Waals surface area contributed by atoms with Crippen LogP contribution in [-0.2, 0) is 11.3 Å². The second-order valence-electron chi connectivity index (χ2n) is 6.54. The molecule has 0 bridgehead atoms. The van der Waals surface area contributed by atoms with Crippen LogP contribution in [0, 0.1) is 13.8 Å². The van der Waals surface area contributed by atoms with E-state index < -0.39 is 5.97 Å². The van der Waals surface area contributed by atoms with Gasteiger partial charge in [-0.1, -0.05) is 0 Å². The van der Waals surface area contributed by atoms with Gasteiger partial charge in [-0.2, -0.15) is 0 Å². The number of hydrogen-bond acceptors (Lipinski definition) is 5. The Bertz CT molecular complexity index is 793. The van der Waals surface area contributed by atoms with E-state index in [4.69, 9.17) is 4.74 Å². The molecule has 138 valence electrons. The van der Waals surface area contributed by atoms with Crippen LogP contribution >= 0.6 is 0 Å². The van der Waals surface area contributed by atoms with Gasteiger partial charge in [-0.05, 0) is 37.1 Å². The molecule has 1 amide bonds. The fraction of sp³-hybridized carbons (Fsp3) is 0.421. The van der Waals surface area contributed by atoms with Gasteiger partial charge < -0.3 is 14.6 Å². The van der Waals surface area contributed by atoms with E-state index in [1.165, 1.54) is 12.7 Å². The zero-order valence-electron chi connectivity index (χ0n) is 15.4. The highest BCUT2D eigenvalue weighted by Gasteiger charge is 2.27. The molecule has 1 fully saturated rings. The van der Waals surface area contributed by atoms with Crippen molar-refractivity contribution in [2.75, 3.05) is 33.3 Å². The van der Waals surface area contributed by atoms with Gasteiger partial charge in [0.25, 0.3) is 5.91 Å². The zero-order valence-corrected chi connectivity index (χ0v) is 15.4. The van der Waals surface area contributed by atoms with Gasteiger partial charge in [0, 0.05) is 50.8 Å². The monoisotopic (exact) mass is 356 g/mol. The van der Waals surface area contributed by atoms with Crippen molar-refractivity contribution in [3.05, 3.63) is 52.6 Å². The molecule has 1 N–H and O–H groups in total. The normalized spacial score (nSPS) is 15.1. The minimum Gasteiger partial charge on any atom is -0.465 e. The highest BCUT2D eigenvalue weighted by molar-refractivity contribution is 6.00. The number of methoxy groups -OCH3 is 1. The molecule has 3 rings (SSSR count). The van der Waals surface area contributed by atoms with Crippen LogP contribution in [0.5, 0.6) is 0 Å². The van der Waals surface area contributed by atoms with Crippen molar-refractivity contribution in [2.24, 2.45) is 0 Å². The van der Waals surface area contributed by atoms with Crippen LogP contribution in [-0.4, -0.2) is 64.9 Å². The molecule has 0 radical (unpaired) electrons. The highest BCUT2D eigenvalue weighted by Crippen LogP contribution is 2.21. The molecule has 1 saturated heterocycles. The number of carbonyl (C=O) groups is 2. The molecule has 2 aromatic heterocycles. The fourth-order valence-corrected chi connectivity index (χ4v) is 3.39. The number of amides is 1. The maximum atomic E-state index is 12.9. The number of aryl methyl sites for hydroxylation is 1. The Balaban J connectivity index is 1.65. The first-order chi connectivity index (χ1) is 12.5. The van der Waals surface area contributed by atoms with E-state index in [1.807, 2.05) is 17.0 Å². The summed E-state index contributed by atoms with van der Waals surface area (Å²) >= 11 is 0. The third-order valence-electron chi connectivity index (χ3n) is 4.86. The van der Waals surface area contributed by atoms with Crippen molar-refractivity contribution in [3.8, 4) is 0 Å². The van der Waals surface area contributed by atoms with Crippen molar-refractivity contribution in [3.63, 3.8) is 0 Å². The van der Waals surface area contributed by atoms with Gasteiger partial charge in [0.2, 0.25) is 0 Å². The number of piperazine rings is 1. The Morgan fingerprint density at radius 2 is 1.81 bits per heavy atom. The van der Waals surface area contributed by atoms with Gasteiger partial charge in [0.1, 0.15) is 5.69 Å². The molecule has 0 aliphatic carbocycles. The average molecular weight is 356 g/mol. The lowest BCUT2D eigenvalue weighted by molar-refractivity contribution is 0.0599. The number of ether oxygens (including phenoxy) is 1. The average Bonchev–Trinajstić information content (AvgIpc) is 2.96. The first-order valence-corrected chi connectivity index (χ1v) is 8.69. The first-order valence-electron chi connectivity index (χ1n) is 8.69. The minimum atomic E-state index is -0.419. The van der Waals surface area contributed by atoms with Crippen LogP contribution in [0.3, 0.4) is 0 Å². The first kappa shape index (κ1) is 18.1. The van der Waals surface area contributed by atoms with Crippen LogP contribution in [0.2, 0.25) is 0 Å². The number of pyridine rings is 1. The molecule has 7 nitrogen and oxygen atoms in total. The summed E-state index contributed by atoms with van der Waals surface area (Å²) in [5.41, 5.74) is 3.46. The van der Waals surface area contributed by atoms with Crippen LogP contribution in [0.4, 0.5) is 0 Å². The topological polar surface area (TPSA) is 78.5 Å². The number of rotatable bonds is 4. The molecule has 7 heteroatoms. The molecule has 0 unspecified atom stereocenters. The molecular formula is C19H24N4O3. The molecule has 3 heterocycles. The van der Waals surface area contributed by atoms with Crippen LogP contribution in [0.1, 0.15) is 37.7 Å². The molecule has 26 heavy (non-hydrogen) atoms. The predicted molar refractivity (Wildman–Crippen MR) is 97.0 cm³/mol. The van der Waals surface area contributed by atoms with E-state index in [0.29, 0.717) is 35.6 Å². The summed E-state index contributed by atoms with van der Waals surface area (Å²) in [5.74, 6) is -0.484. The van der Waals surface area contributed by atoms with Gasteiger partial charge in [-0.25, -0.2) is 4.79 Å². The summed E-state index contributed by atoms with van der Waals surface area (Å²) in [6, 6.07) is 4.02. The van der Waals surface area contributed by atoms with E-state index in [2.05, 4.69) is 14.9 Å². The fourth-order valence-electron chi connectivity index (χ4n) is 3.39. The zero-order chi connectivity index (χ0) is 18.7. The molecule has 0 atom stereocenters. The predicted octanol–water partition coefficient (Wildman–Crippen LogP) is 1.77. The molecule has 1 aliphatic heterocycles. The summed E-state index contributed by atoms with van der Waals surface area (Å²) in [6.45, 7) is 7.38.